The molecule has 0 atom stereocenters. The first-order chi connectivity index (χ1) is 7.99. The van der Waals surface area contributed by atoms with Crippen molar-refractivity contribution in [1.82, 2.24) is 10.3 Å². The van der Waals surface area contributed by atoms with Crippen LogP contribution in [0.3, 0.4) is 0 Å². The summed E-state index contributed by atoms with van der Waals surface area (Å²) in [6.45, 7) is 2.94. The Morgan fingerprint density at radius 1 is 1.41 bits per heavy atom. The van der Waals surface area contributed by atoms with E-state index >= 15 is 0 Å². The molecular formula is C10H15F3N2S2. The van der Waals surface area contributed by atoms with Crippen LogP contribution >= 0.6 is 23.1 Å². The molecule has 0 spiro atoms. The SMILES string of the molecule is CCCNCc1sc(CSC)nc1C(F)(F)F. The molecule has 0 aliphatic carbocycles. The van der Waals surface area contributed by atoms with Gasteiger partial charge in [-0.3, -0.25) is 0 Å². The third-order valence-electron chi connectivity index (χ3n) is 1.99. The zero-order valence-corrected chi connectivity index (χ0v) is 11.4. The molecule has 1 aromatic heterocycles. The summed E-state index contributed by atoms with van der Waals surface area (Å²) in [6, 6.07) is 0. The van der Waals surface area contributed by atoms with Crippen LogP contribution in [0, 0.1) is 0 Å². The van der Waals surface area contributed by atoms with E-state index in [0.29, 0.717) is 17.3 Å². The number of halogens is 3. The topological polar surface area (TPSA) is 24.9 Å². The molecule has 1 rings (SSSR count). The van der Waals surface area contributed by atoms with Crippen LogP contribution in [0.5, 0.6) is 0 Å². The predicted octanol–water partition coefficient (Wildman–Crippen LogP) is 3.52. The van der Waals surface area contributed by atoms with Gasteiger partial charge >= 0.3 is 6.18 Å². The maximum Gasteiger partial charge on any atom is 0.434 e. The molecule has 0 aliphatic rings. The van der Waals surface area contributed by atoms with Gasteiger partial charge in [-0.05, 0) is 19.2 Å². The zero-order valence-electron chi connectivity index (χ0n) is 9.73. The fourth-order valence-corrected chi connectivity index (χ4v) is 3.06. The van der Waals surface area contributed by atoms with Crippen molar-refractivity contribution in [2.45, 2.75) is 31.8 Å². The molecule has 0 aromatic carbocycles. The van der Waals surface area contributed by atoms with E-state index in [1.54, 1.807) is 0 Å². The zero-order chi connectivity index (χ0) is 12.9. The van der Waals surface area contributed by atoms with E-state index < -0.39 is 11.9 Å². The van der Waals surface area contributed by atoms with Crippen molar-refractivity contribution in [2.24, 2.45) is 0 Å². The second kappa shape index (κ2) is 6.61. The summed E-state index contributed by atoms with van der Waals surface area (Å²) < 4.78 is 38.2. The van der Waals surface area contributed by atoms with E-state index in [-0.39, 0.29) is 11.4 Å². The predicted molar refractivity (Wildman–Crippen MR) is 66.3 cm³/mol. The van der Waals surface area contributed by atoms with Gasteiger partial charge in [-0.25, -0.2) is 4.98 Å². The highest BCUT2D eigenvalue weighted by Crippen LogP contribution is 2.35. The Morgan fingerprint density at radius 2 is 2.12 bits per heavy atom. The largest absolute Gasteiger partial charge is 0.434 e. The van der Waals surface area contributed by atoms with Crippen molar-refractivity contribution in [1.29, 1.82) is 0 Å². The summed E-state index contributed by atoms with van der Waals surface area (Å²) in [5.74, 6) is 0.529. The Morgan fingerprint density at radius 3 is 2.65 bits per heavy atom. The molecule has 2 nitrogen and oxygen atoms in total. The van der Waals surface area contributed by atoms with E-state index in [4.69, 9.17) is 0 Å². The Bertz CT molecular complexity index is 350. The molecule has 1 N–H and O–H groups in total. The molecule has 0 aliphatic heterocycles. The minimum Gasteiger partial charge on any atom is -0.312 e. The average molecular weight is 284 g/mol. The number of alkyl halides is 3. The first kappa shape index (κ1) is 14.8. The standard InChI is InChI=1S/C10H15F3N2S2/c1-3-4-14-5-7-9(10(11,12)13)15-8(17-7)6-16-2/h14H,3-6H2,1-2H3. The van der Waals surface area contributed by atoms with E-state index in [2.05, 4.69) is 10.3 Å². The number of hydrogen-bond donors (Lipinski definition) is 1. The summed E-state index contributed by atoms with van der Waals surface area (Å²) >= 11 is 2.62. The van der Waals surface area contributed by atoms with Crippen molar-refractivity contribution in [3.63, 3.8) is 0 Å². The minimum atomic E-state index is -4.35. The lowest BCUT2D eigenvalue weighted by Gasteiger charge is -2.06. The van der Waals surface area contributed by atoms with Crippen molar-refractivity contribution < 1.29 is 13.2 Å². The van der Waals surface area contributed by atoms with Gasteiger partial charge in [0.1, 0.15) is 5.01 Å². The lowest BCUT2D eigenvalue weighted by atomic mass is 10.3. The highest BCUT2D eigenvalue weighted by Gasteiger charge is 2.37. The Balaban J connectivity index is 2.84. The summed E-state index contributed by atoms with van der Waals surface area (Å²) in [5, 5.41) is 3.52. The fourth-order valence-electron chi connectivity index (χ4n) is 1.31. The van der Waals surface area contributed by atoms with E-state index in [9.17, 15) is 13.2 Å². The van der Waals surface area contributed by atoms with Crippen molar-refractivity contribution in [3.8, 4) is 0 Å². The number of rotatable bonds is 6. The van der Waals surface area contributed by atoms with Crippen LogP contribution in [-0.2, 0) is 18.5 Å². The van der Waals surface area contributed by atoms with Crippen molar-refractivity contribution >= 4 is 23.1 Å². The normalized spacial score (nSPS) is 12.1. The summed E-state index contributed by atoms with van der Waals surface area (Å²) in [7, 11) is 0. The number of thiazole rings is 1. The third kappa shape index (κ3) is 4.48. The molecule has 0 unspecified atom stereocenters. The summed E-state index contributed by atoms with van der Waals surface area (Å²) in [4.78, 5) is 3.97. The van der Waals surface area contributed by atoms with E-state index in [1.165, 1.54) is 11.8 Å². The minimum absolute atomic E-state index is 0.245. The van der Waals surface area contributed by atoms with Gasteiger partial charge in [-0.2, -0.15) is 24.9 Å². The molecule has 0 radical (unpaired) electrons. The van der Waals surface area contributed by atoms with Gasteiger partial charge in [0.25, 0.3) is 0 Å². The molecule has 0 saturated heterocycles. The van der Waals surface area contributed by atoms with Crippen LogP contribution in [0.15, 0.2) is 0 Å². The second-order valence-electron chi connectivity index (χ2n) is 3.49. The Hall–Kier alpha value is -0.270. The maximum absolute atomic E-state index is 12.7. The first-order valence-electron chi connectivity index (χ1n) is 5.24. The number of hydrogen-bond acceptors (Lipinski definition) is 4. The smallest absolute Gasteiger partial charge is 0.312 e. The lowest BCUT2D eigenvalue weighted by Crippen LogP contribution is -2.17. The van der Waals surface area contributed by atoms with Crippen molar-refractivity contribution in [2.75, 3.05) is 12.8 Å². The maximum atomic E-state index is 12.7. The molecule has 0 saturated carbocycles. The number of nitrogens with zero attached hydrogens (tertiary/aromatic N) is 1. The van der Waals surface area contributed by atoms with E-state index in [0.717, 1.165) is 17.8 Å². The monoisotopic (exact) mass is 284 g/mol. The molecule has 7 heteroatoms. The molecule has 0 fully saturated rings. The van der Waals surface area contributed by atoms with Gasteiger partial charge in [0, 0.05) is 12.3 Å². The number of thioether (sulfide) groups is 1. The van der Waals surface area contributed by atoms with Gasteiger partial charge in [0.05, 0.1) is 4.88 Å². The molecule has 17 heavy (non-hydrogen) atoms. The Kier molecular flexibility index (Phi) is 5.75. The number of aromatic nitrogens is 1. The van der Waals surface area contributed by atoms with Crippen LogP contribution in [0.2, 0.25) is 0 Å². The first-order valence-corrected chi connectivity index (χ1v) is 7.45. The van der Waals surface area contributed by atoms with Gasteiger partial charge in [-0.15, -0.1) is 11.3 Å². The van der Waals surface area contributed by atoms with Gasteiger partial charge in [0.2, 0.25) is 0 Å². The molecule has 0 bridgehead atoms. The molecule has 1 aromatic rings. The van der Waals surface area contributed by atoms with Crippen LogP contribution in [0.1, 0.15) is 28.9 Å². The summed E-state index contributed by atoms with van der Waals surface area (Å²) in [6.07, 6.45) is -1.60. The second-order valence-corrected chi connectivity index (χ2v) is 5.52. The number of nitrogens with one attached hydrogen (secondary N) is 1. The van der Waals surface area contributed by atoms with Crippen LogP contribution in [0.25, 0.3) is 0 Å². The third-order valence-corrected chi connectivity index (χ3v) is 3.79. The molecular weight excluding hydrogens is 269 g/mol. The molecule has 0 amide bonds. The van der Waals surface area contributed by atoms with Crippen LogP contribution in [-0.4, -0.2) is 17.8 Å². The lowest BCUT2D eigenvalue weighted by molar-refractivity contribution is -0.141. The van der Waals surface area contributed by atoms with Crippen LogP contribution in [0.4, 0.5) is 13.2 Å². The van der Waals surface area contributed by atoms with Gasteiger partial charge < -0.3 is 5.32 Å². The summed E-state index contributed by atoms with van der Waals surface area (Å²) in [5.41, 5.74) is -0.727. The molecule has 98 valence electrons. The Labute approximate surface area is 107 Å². The van der Waals surface area contributed by atoms with Gasteiger partial charge in [-0.1, -0.05) is 6.92 Å². The quantitative estimate of drug-likeness (QED) is 0.809. The molecule has 1 heterocycles. The van der Waals surface area contributed by atoms with Crippen LogP contribution < -0.4 is 5.32 Å². The highest BCUT2D eigenvalue weighted by molar-refractivity contribution is 7.97. The van der Waals surface area contributed by atoms with Gasteiger partial charge in [0.15, 0.2) is 5.69 Å². The van der Waals surface area contributed by atoms with E-state index in [1.807, 2.05) is 13.2 Å². The highest BCUT2D eigenvalue weighted by atomic mass is 32.2. The fraction of sp³-hybridized carbons (Fsp3) is 0.700. The van der Waals surface area contributed by atoms with Crippen molar-refractivity contribution in [3.05, 3.63) is 15.6 Å². The average Bonchev–Trinajstić information content (AvgIpc) is 2.62.